The van der Waals surface area contributed by atoms with Gasteiger partial charge in [-0.15, -0.1) is 0 Å². The molecule has 0 fully saturated rings. The Hall–Kier alpha value is -1.02. The Bertz CT molecular complexity index is 449. The van der Waals surface area contributed by atoms with Gasteiger partial charge in [0.05, 0.1) is 17.6 Å². The lowest BCUT2D eigenvalue weighted by Gasteiger charge is -2.09. The van der Waals surface area contributed by atoms with E-state index in [4.69, 9.17) is 10.2 Å². The molecule has 7 heteroatoms. The van der Waals surface area contributed by atoms with E-state index in [0.29, 0.717) is 0 Å². The van der Waals surface area contributed by atoms with Crippen LogP contribution in [0.15, 0.2) is 29.2 Å². The van der Waals surface area contributed by atoms with E-state index < -0.39 is 28.6 Å². The zero-order valence-corrected chi connectivity index (χ0v) is 9.11. The average Bonchev–Trinajstić information content (AvgIpc) is 2.26. The van der Waals surface area contributed by atoms with Gasteiger partial charge in [0.25, 0.3) is 0 Å². The van der Waals surface area contributed by atoms with Crippen molar-refractivity contribution in [3.05, 3.63) is 30.1 Å². The van der Waals surface area contributed by atoms with E-state index in [9.17, 15) is 12.8 Å². The highest BCUT2D eigenvalue weighted by molar-refractivity contribution is 7.89. The minimum Gasteiger partial charge on any atom is -0.394 e. The maximum atomic E-state index is 12.8. The first-order valence-electron chi connectivity index (χ1n) is 4.50. The monoisotopic (exact) mass is 249 g/mol. The van der Waals surface area contributed by atoms with Gasteiger partial charge in [0.1, 0.15) is 5.82 Å². The van der Waals surface area contributed by atoms with Crippen molar-refractivity contribution >= 4 is 10.0 Å². The molecule has 1 unspecified atom stereocenters. The molecule has 1 atom stereocenters. The van der Waals surface area contributed by atoms with Crippen LogP contribution in [0.4, 0.5) is 4.39 Å². The largest absolute Gasteiger partial charge is 0.394 e. The molecule has 0 radical (unpaired) electrons. The Labute approximate surface area is 92.6 Å². The molecule has 0 aromatic heterocycles. The van der Waals surface area contributed by atoms with Gasteiger partial charge < -0.3 is 10.2 Å². The van der Waals surface area contributed by atoms with Gasteiger partial charge in [0.2, 0.25) is 10.0 Å². The molecular weight excluding hydrogens is 237 g/mol. The summed E-state index contributed by atoms with van der Waals surface area (Å²) in [7, 11) is -3.85. The van der Waals surface area contributed by atoms with E-state index in [2.05, 4.69) is 0 Å². The average molecular weight is 249 g/mol. The fourth-order valence-corrected chi connectivity index (χ4v) is 2.09. The molecule has 1 rings (SSSR count). The normalized spacial score (nSPS) is 13.7. The molecule has 0 aliphatic rings. The number of sulfonamides is 1. The molecule has 0 bridgehead atoms. The lowest BCUT2D eigenvalue weighted by atomic mass is 10.4. The maximum absolute atomic E-state index is 12.8. The van der Waals surface area contributed by atoms with Crippen molar-refractivity contribution in [1.82, 2.24) is 4.72 Å². The van der Waals surface area contributed by atoms with Gasteiger partial charge in [0, 0.05) is 6.54 Å². The Balaban J connectivity index is 2.78. The van der Waals surface area contributed by atoms with Crippen molar-refractivity contribution in [3.8, 4) is 0 Å². The zero-order chi connectivity index (χ0) is 12.2. The Morgan fingerprint density at radius 3 is 2.69 bits per heavy atom. The van der Waals surface area contributed by atoms with E-state index in [1.54, 1.807) is 0 Å². The molecule has 1 aromatic carbocycles. The van der Waals surface area contributed by atoms with Crippen molar-refractivity contribution in [2.75, 3.05) is 13.2 Å². The van der Waals surface area contributed by atoms with Crippen LogP contribution < -0.4 is 4.72 Å². The number of hydrogen-bond acceptors (Lipinski definition) is 4. The van der Waals surface area contributed by atoms with Crippen LogP contribution in [0.3, 0.4) is 0 Å². The minimum absolute atomic E-state index is 0.224. The van der Waals surface area contributed by atoms with Gasteiger partial charge in [-0.3, -0.25) is 0 Å². The topological polar surface area (TPSA) is 86.6 Å². The third kappa shape index (κ3) is 3.53. The summed E-state index contributed by atoms with van der Waals surface area (Å²) in [6.07, 6.45) is -1.18. The highest BCUT2D eigenvalue weighted by atomic mass is 32.2. The van der Waals surface area contributed by atoms with E-state index in [1.807, 2.05) is 4.72 Å². The second-order valence-corrected chi connectivity index (χ2v) is 4.91. The predicted molar refractivity (Wildman–Crippen MR) is 54.7 cm³/mol. The fourth-order valence-electron chi connectivity index (χ4n) is 0.988. The second kappa shape index (κ2) is 5.35. The lowest BCUT2D eigenvalue weighted by Crippen LogP contribution is -2.33. The summed E-state index contributed by atoms with van der Waals surface area (Å²) < 4.78 is 37.9. The first-order chi connectivity index (χ1) is 7.45. The highest BCUT2D eigenvalue weighted by Gasteiger charge is 2.15. The predicted octanol–water partition coefficient (Wildman–Crippen LogP) is -0.543. The van der Waals surface area contributed by atoms with Crippen molar-refractivity contribution in [1.29, 1.82) is 0 Å². The van der Waals surface area contributed by atoms with Crippen LogP contribution in [0, 0.1) is 5.82 Å². The van der Waals surface area contributed by atoms with E-state index in [-0.39, 0.29) is 11.4 Å². The van der Waals surface area contributed by atoms with Crippen molar-refractivity contribution in [2.24, 2.45) is 0 Å². The molecule has 0 saturated carbocycles. The SMILES string of the molecule is O=S(=O)(NCC(O)CO)c1cccc(F)c1. The van der Waals surface area contributed by atoms with Crippen LogP contribution in [0.1, 0.15) is 0 Å². The van der Waals surface area contributed by atoms with E-state index in [1.165, 1.54) is 12.1 Å². The minimum atomic E-state index is -3.85. The van der Waals surface area contributed by atoms with Crippen molar-refractivity contribution < 1.29 is 23.0 Å². The Morgan fingerprint density at radius 2 is 2.12 bits per heavy atom. The Kier molecular flexibility index (Phi) is 4.36. The van der Waals surface area contributed by atoms with Crippen molar-refractivity contribution in [3.63, 3.8) is 0 Å². The molecule has 0 aliphatic heterocycles. The molecular formula is C9H12FNO4S. The third-order valence-electron chi connectivity index (χ3n) is 1.83. The molecule has 0 aliphatic carbocycles. The van der Waals surface area contributed by atoms with E-state index in [0.717, 1.165) is 12.1 Å². The molecule has 5 nitrogen and oxygen atoms in total. The summed E-state index contributed by atoms with van der Waals surface area (Å²) in [6.45, 7) is -0.874. The first-order valence-corrected chi connectivity index (χ1v) is 5.98. The van der Waals surface area contributed by atoms with Crippen LogP contribution >= 0.6 is 0 Å². The van der Waals surface area contributed by atoms with Crippen LogP contribution in [0.2, 0.25) is 0 Å². The summed E-state index contributed by atoms with van der Waals surface area (Å²) in [5, 5.41) is 17.5. The van der Waals surface area contributed by atoms with Crippen LogP contribution in [-0.2, 0) is 10.0 Å². The number of hydrogen-bond donors (Lipinski definition) is 3. The molecule has 3 N–H and O–H groups in total. The van der Waals surface area contributed by atoms with E-state index >= 15 is 0 Å². The van der Waals surface area contributed by atoms with Gasteiger partial charge >= 0.3 is 0 Å². The number of rotatable bonds is 5. The number of halogens is 1. The van der Waals surface area contributed by atoms with Gasteiger partial charge in [-0.2, -0.15) is 0 Å². The van der Waals surface area contributed by atoms with Gasteiger partial charge in [0.15, 0.2) is 0 Å². The number of aliphatic hydroxyl groups is 2. The standard InChI is InChI=1S/C9H12FNO4S/c10-7-2-1-3-9(4-7)16(14,15)11-5-8(13)6-12/h1-4,8,11-13H,5-6H2. The number of nitrogens with one attached hydrogen (secondary N) is 1. The smallest absolute Gasteiger partial charge is 0.240 e. The second-order valence-electron chi connectivity index (χ2n) is 3.15. The van der Waals surface area contributed by atoms with Crippen molar-refractivity contribution in [2.45, 2.75) is 11.0 Å². The summed E-state index contributed by atoms with van der Waals surface area (Å²) >= 11 is 0. The van der Waals surface area contributed by atoms with Crippen LogP contribution in [0.5, 0.6) is 0 Å². The molecule has 16 heavy (non-hydrogen) atoms. The molecule has 1 aromatic rings. The fraction of sp³-hybridized carbons (Fsp3) is 0.333. The molecule has 0 heterocycles. The van der Waals surface area contributed by atoms with Gasteiger partial charge in [-0.05, 0) is 18.2 Å². The third-order valence-corrected chi connectivity index (χ3v) is 3.25. The molecule has 0 amide bonds. The zero-order valence-electron chi connectivity index (χ0n) is 8.30. The summed E-state index contributed by atoms with van der Waals surface area (Å²) in [5.74, 6) is -0.661. The Morgan fingerprint density at radius 1 is 1.44 bits per heavy atom. The summed E-state index contributed by atoms with van der Waals surface area (Å²) in [5.41, 5.74) is 0. The van der Waals surface area contributed by atoms with Crippen LogP contribution in [-0.4, -0.2) is 37.9 Å². The van der Waals surface area contributed by atoms with Gasteiger partial charge in [-0.1, -0.05) is 6.07 Å². The lowest BCUT2D eigenvalue weighted by molar-refractivity contribution is 0.0988. The number of benzene rings is 1. The first kappa shape index (κ1) is 13.0. The quantitative estimate of drug-likeness (QED) is 0.654. The molecule has 0 spiro atoms. The molecule has 90 valence electrons. The molecule has 0 saturated heterocycles. The maximum Gasteiger partial charge on any atom is 0.240 e. The summed E-state index contributed by atoms with van der Waals surface area (Å²) in [4.78, 5) is -0.224. The highest BCUT2D eigenvalue weighted by Crippen LogP contribution is 2.09. The van der Waals surface area contributed by atoms with Gasteiger partial charge in [-0.25, -0.2) is 17.5 Å². The van der Waals surface area contributed by atoms with Crippen LogP contribution in [0.25, 0.3) is 0 Å². The summed E-state index contributed by atoms with van der Waals surface area (Å²) in [6, 6.07) is 4.50. The number of aliphatic hydroxyl groups excluding tert-OH is 2.